The Morgan fingerprint density at radius 3 is 2.35 bits per heavy atom. The first-order chi connectivity index (χ1) is 15.1. The number of benzene rings is 2. The zero-order valence-corrected chi connectivity index (χ0v) is 18.2. The van der Waals surface area contributed by atoms with Crippen LogP contribution < -0.4 is 14.8 Å². The van der Waals surface area contributed by atoms with Crippen LogP contribution in [0.1, 0.15) is 24.2 Å². The molecule has 31 heavy (non-hydrogen) atoms. The average molecular weight is 421 g/mol. The molecule has 1 aromatic heterocycles. The first-order valence-corrected chi connectivity index (χ1v) is 10.4. The van der Waals surface area contributed by atoms with E-state index in [0.29, 0.717) is 35.2 Å². The van der Waals surface area contributed by atoms with Crippen LogP contribution in [0.2, 0.25) is 0 Å². The highest BCUT2D eigenvalue weighted by Gasteiger charge is 2.12. The fourth-order valence-electron chi connectivity index (χ4n) is 3.08. The lowest BCUT2D eigenvalue weighted by molar-refractivity contribution is 0.102. The minimum Gasteiger partial charge on any atom is -0.493 e. The Balaban J connectivity index is 1.66. The zero-order chi connectivity index (χ0) is 22.1. The maximum absolute atomic E-state index is 12.6. The van der Waals surface area contributed by atoms with Gasteiger partial charge in [0.1, 0.15) is 6.61 Å². The van der Waals surface area contributed by atoms with Gasteiger partial charge in [0.2, 0.25) is 0 Å². The second-order valence-electron chi connectivity index (χ2n) is 6.86. The Labute approximate surface area is 183 Å². The van der Waals surface area contributed by atoms with Gasteiger partial charge in [-0.05, 0) is 25.2 Å². The molecule has 3 aromatic rings. The average Bonchev–Trinajstić information content (AvgIpc) is 2.82. The Morgan fingerprint density at radius 2 is 1.71 bits per heavy atom. The molecule has 0 aliphatic heterocycles. The van der Waals surface area contributed by atoms with Gasteiger partial charge in [-0.3, -0.25) is 4.79 Å². The number of rotatable bonds is 10. The van der Waals surface area contributed by atoms with Crippen molar-refractivity contribution in [1.82, 2.24) is 14.9 Å². The summed E-state index contributed by atoms with van der Waals surface area (Å²) in [6.45, 7) is 7.53. The van der Waals surface area contributed by atoms with Crippen molar-refractivity contribution in [1.29, 1.82) is 0 Å². The minimum absolute atomic E-state index is 0.293. The number of hydrogen-bond donors (Lipinski definition) is 1. The van der Waals surface area contributed by atoms with Gasteiger partial charge in [0.05, 0.1) is 12.7 Å². The maximum atomic E-state index is 12.6. The Bertz CT molecular complexity index is 974. The number of ether oxygens (including phenoxy) is 2. The third-order valence-corrected chi connectivity index (χ3v) is 4.93. The molecule has 0 radical (unpaired) electrons. The summed E-state index contributed by atoms with van der Waals surface area (Å²) in [6.07, 6.45) is 3.05. The minimum atomic E-state index is -0.293. The van der Waals surface area contributed by atoms with E-state index in [-0.39, 0.29) is 5.91 Å². The number of amides is 1. The number of carbonyl (C=O) groups excluding carboxylic acids is 1. The van der Waals surface area contributed by atoms with Crippen molar-refractivity contribution in [3.8, 4) is 22.9 Å². The highest BCUT2D eigenvalue weighted by Crippen LogP contribution is 2.30. The summed E-state index contributed by atoms with van der Waals surface area (Å²) in [5.41, 5.74) is 1.88. The van der Waals surface area contributed by atoms with Gasteiger partial charge in [-0.2, -0.15) is 0 Å². The van der Waals surface area contributed by atoms with E-state index in [0.717, 1.165) is 25.2 Å². The number of aromatic nitrogens is 2. The predicted octanol–water partition coefficient (Wildman–Crippen LogP) is 4.13. The van der Waals surface area contributed by atoms with Crippen molar-refractivity contribution >= 4 is 11.6 Å². The standard InChI is InChI=1S/C24H28N4O3/c1-4-28(5-2)13-14-31-22-15-20(11-12-21(22)30-3)27-24(29)19-16-25-23(26-17-19)18-9-7-6-8-10-18/h6-12,15-17H,4-5,13-14H2,1-3H3,(H,27,29). The first kappa shape index (κ1) is 22.2. The van der Waals surface area contributed by atoms with Crippen molar-refractivity contribution in [3.05, 3.63) is 66.5 Å². The van der Waals surface area contributed by atoms with Gasteiger partial charge in [0, 0.05) is 36.3 Å². The third kappa shape index (κ3) is 6.02. The molecule has 3 rings (SSSR count). The van der Waals surface area contributed by atoms with Gasteiger partial charge < -0.3 is 19.7 Å². The summed E-state index contributed by atoms with van der Waals surface area (Å²) in [4.78, 5) is 23.5. The molecule has 0 aliphatic rings. The smallest absolute Gasteiger partial charge is 0.258 e. The second-order valence-corrected chi connectivity index (χ2v) is 6.86. The van der Waals surface area contributed by atoms with Crippen molar-refractivity contribution in [2.45, 2.75) is 13.8 Å². The lowest BCUT2D eigenvalue weighted by Crippen LogP contribution is -2.28. The van der Waals surface area contributed by atoms with Crippen LogP contribution in [0, 0.1) is 0 Å². The van der Waals surface area contributed by atoms with Crippen molar-refractivity contribution in [2.75, 3.05) is 38.7 Å². The highest BCUT2D eigenvalue weighted by atomic mass is 16.5. The quantitative estimate of drug-likeness (QED) is 0.532. The molecule has 0 fully saturated rings. The topological polar surface area (TPSA) is 76.6 Å². The van der Waals surface area contributed by atoms with E-state index in [9.17, 15) is 4.79 Å². The number of anilines is 1. The maximum Gasteiger partial charge on any atom is 0.258 e. The Morgan fingerprint density at radius 1 is 1.00 bits per heavy atom. The molecule has 1 N–H and O–H groups in total. The van der Waals surface area contributed by atoms with Gasteiger partial charge >= 0.3 is 0 Å². The first-order valence-electron chi connectivity index (χ1n) is 10.4. The van der Waals surface area contributed by atoms with Crippen LogP contribution in [0.25, 0.3) is 11.4 Å². The lowest BCUT2D eigenvalue weighted by Gasteiger charge is -2.19. The zero-order valence-electron chi connectivity index (χ0n) is 18.2. The van der Waals surface area contributed by atoms with Crippen molar-refractivity contribution in [2.24, 2.45) is 0 Å². The Hall–Kier alpha value is -3.45. The molecule has 0 spiro atoms. The molecule has 0 bridgehead atoms. The largest absolute Gasteiger partial charge is 0.493 e. The molecule has 0 aliphatic carbocycles. The fourth-order valence-corrected chi connectivity index (χ4v) is 3.08. The highest BCUT2D eigenvalue weighted by molar-refractivity contribution is 6.04. The number of likely N-dealkylation sites (N-methyl/N-ethyl adjacent to an activating group) is 1. The van der Waals surface area contributed by atoms with Crippen LogP contribution >= 0.6 is 0 Å². The van der Waals surface area contributed by atoms with Gasteiger partial charge in [-0.1, -0.05) is 44.2 Å². The number of nitrogens with zero attached hydrogens (tertiary/aromatic N) is 3. The van der Waals surface area contributed by atoms with E-state index in [2.05, 4.69) is 34.0 Å². The molecule has 7 nitrogen and oxygen atoms in total. The molecular formula is C24H28N4O3. The van der Waals surface area contributed by atoms with Crippen LogP contribution in [0.5, 0.6) is 11.5 Å². The summed E-state index contributed by atoms with van der Waals surface area (Å²) in [5, 5.41) is 2.87. The van der Waals surface area contributed by atoms with Crippen molar-refractivity contribution in [3.63, 3.8) is 0 Å². The number of nitrogens with one attached hydrogen (secondary N) is 1. The molecule has 1 heterocycles. The van der Waals surface area contributed by atoms with E-state index < -0.39 is 0 Å². The SMILES string of the molecule is CCN(CC)CCOc1cc(NC(=O)c2cnc(-c3ccccc3)nc2)ccc1OC. The molecule has 0 saturated heterocycles. The summed E-state index contributed by atoms with van der Waals surface area (Å²) >= 11 is 0. The van der Waals surface area contributed by atoms with E-state index >= 15 is 0 Å². The molecule has 1 amide bonds. The molecule has 2 aromatic carbocycles. The molecular weight excluding hydrogens is 392 g/mol. The van der Waals surface area contributed by atoms with Crippen LogP contribution in [0.4, 0.5) is 5.69 Å². The molecule has 0 unspecified atom stereocenters. The van der Waals surface area contributed by atoms with Gasteiger partial charge in [-0.15, -0.1) is 0 Å². The molecule has 7 heteroatoms. The molecule has 0 atom stereocenters. The van der Waals surface area contributed by atoms with Gasteiger partial charge in [0.25, 0.3) is 5.91 Å². The second kappa shape index (κ2) is 11.1. The fraction of sp³-hybridized carbons (Fsp3) is 0.292. The summed E-state index contributed by atoms with van der Waals surface area (Å²) < 4.78 is 11.3. The Kier molecular flexibility index (Phi) is 7.95. The summed E-state index contributed by atoms with van der Waals surface area (Å²) in [5.74, 6) is 1.49. The predicted molar refractivity (Wildman–Crippen MR) is 122 cm³/mol. The monoisotopic (exact) mass is 420 g/mol. The van der Waals surface area contributed by atoms with Crippen LogP contribution in [-0.4, -0.2) is 54.1 Å². The molecule has 162 valence electrons. The van der Waals surface area contributed by atoms with E-state index in [1.807, 2.05) is 30.3 Å². The van der Waals surface area contributed by atoms with Crippen LogP contribution in [0.3, 0.4) is 0 Å². The van der Waals surface area contributed by atoms with Crippen molar-refractivity contribution < 1.29 is 14.3 Å². The number of carbonyl (C=O) groups is 1. The van der Waals surface area contributed by atoms with Crippen LogP contribution in [0.15, 0.2) is 60.9 Å². The van der Waals surface area contributed by atoms with E-state index in [1.165, 1.54) is 12.4 Å². The van der Waals surface area contributed by atoms with E-state index in [1.54, 1.807) is 25.3 Å². The summed E-state index contributed by atoms with van der Waals surface area (Å²) in [7, 11) is 1.59. The van der Waals surface area contributed by atoms with Crippen LogP contribution in [-0.2, 0) is 0 Å². The number of methoxy groups -OCH3 is 1. The number of hydrogen-bond acceptors (Lipinski definition) is 6. The van der Waals surface area contributed by atoms with E-state index in [4.69, 9.17) is 9.47 Å². The third-order valence-electron chi connectivity index (χ3n) is 4.93. The normalized spacial score (nSPS) is 10.7. The van der Waals surface area contributed by atoms with Gasteiger partial charge in [0.15, 0.2) is 17.3 Å². The molecule has 0 saturated carbocycles. The summed E-state index contributed by atoms with van der Waals surface area (Å²) in [6, 6.07) is 14.9. The van der Waals surface area contributed by atoms with Gasteiger partial charge in [-0.25, -0.2) is 9.97 Å². The lowest BCUT2D eigenvalue weighted by atomic mass is 10.2.